The van der Waals surface area contributed by atoms with Crippen molar-refractivity contribution < 1.29 is 4.39 Å². The lowest BCUT2D eigenvalue weighted by atomic mass is 10.1. The Balaban J connectivity index is 2.98. The van der Waals surface area contributed by atoms with E-state index in [1.54, 1.807) is 6.07 Å². The molecule has 0 aliphatic carbocycles. The van der Waals surface area contributed by atoms with Crippen LogP contribution in [-0.4, -0.2) is 0 Å². The number of nitrogens with zero attached hydrogens (tertiary/aromatic N) is 1. The number of hydrazine groups is 1. The van der Waals surface area contributed by atoms with Crippen molar-refractivity contribution in [3.63, 3.8) is 0 Å². The number of halogens is 1. The molecule has 1 aromatic carbocycles. The zero-order valence-electron chi connectivity index (χ0n) is 6.34. The predicted molar refractivity (Wildman–Crippen MR) is 43.5 cm³/mol. The molecule has 12 heavy (non-hydrogen) atoms. The van der Waals surface area contributed by atoms with Gasteiger partial charge in [0, 0.05) is 0 Å². The van der Waals surface area contributed by atoms with Crippen LogP contribution in [0.25, 0.3) is 0 Å². The molecule has 0 aliphatic heterocycles. The second-order valence-electron chi connectivity index (χ2n) is 2.29. The van der Waals surface area contributed by atoms with Gasteiger partial charge in [-0.1, -0.05) is 6.07 Å². The molecule has 3 N–H and O–H groups in total. The summed E-state index contributed by atoms with van der Waals surface area (Å²) in [5.41, 5.74) is 3.16. The molecule has 0 heterocycles. The molecular formula is C8H8FN3. The third kappa shape index (κ3) is 1.71. The summed E-state index contributed by atoms with van der Waals surface area (Å²) in [5, 5.41) is 8.36. The molecule has 4 heteroatoms. The fraction of sp³-hybridized carbons (Fsp3) is 0.125. The van der Waals surface area contributed by atoms with Gasteiger partial charge in [-0.2, -0.15) is 5.26 Å². The first-order valence-corrected chi connectivity index (χ1v) is 3.40. The van der Waals surface area contributed by atoms with Crippen LogP contribution in [0.4, 0.5) is 10.1 Å². The summed E-state index contributed by atoms with van der Waals surface area (Å²) in [5.74, 6) is 4.63. The third-order valence-electron chi connectivity index (χ3n) is 1.47. The summed E-state index contributed by atoms with van der Waals surface area (Å²) < 4.78 is 12.8. The van der Waals surface area contributed by atoms with E-state index in [1.165, 1.54) is 12.1 Å². The van der Waals surface area contributed by atoms with Gasteiger partial charge in [-0.3, -0.25) is 5.84 Å². The highest BCUT2D eigenvalue weighted by atomic mass is 19.1. The van der Waals surface area contributed by atoms with E-state index in [-0.39, 0.29) is 12.1 Å². The van der Waals surface area contributed by atoms with Crippen molar-refractivity contribution in [2.24, 2.45) is 5.84 Å². The fourth-order valence-corrected chi connectivity index (χ4v) is 0.884. The number of benzene rings is 1. The average Bonchev–Trinajstić information content (AvgIpc) is 2.09. The van der Waals surface area contributed by atoms with Crippen LogP contribution in [0.15, 0.2) is 18.2 Å². The number of anilines is 1. The van der Waals surface area contributed by atoms with Crippen LogP contribution in [0, 0.1) is 17.1 Å². The first-order valence-electron chi connectivity index (χ1n) is 3.40. The topological polar surface area (TPSA) is 61.8 Å². The molecule has 0 saturated heterocycles. The maximum Gasteiger partial charge on any atom is 0.147 e. The van der Waals surface area contributed by atoms with E-state index in [2.05, 4.69) is 5.43 Å². The number of nitrogens with two attached hydrogens (primary N) is 1. The maximum atomic E-state index is 12.8. The standard InChI is InChI=1S/C8H8FN3/c9-7-2-1-6(3-4-10)5-8(7)12-11/h1-2,5,12H,3,11H2. The molecule has 0 bridgehead atoms. The van der Waals surface area contributed by atoms with Gasteiger partial charge in [-0.25, -0.2) is 4.39 Å². The Morgan fingerprint density at radius 3 is 2.92 bits per heavy atom. The molecule has 0 unspecified atom stereocenters. The highest BCUT2D eigenvalue weighted by Crippen LogP contribution is 2.14. The molecule has 0 atom stereocenters. The van der Waals surface area contributed by atoms with Gasteiger partial charge in [0.25, 0.3) is 0 Å². The van der Waals surface area contributed by atoms with E-state index in [9.17, 15) is 4.39 Å². The summed E-state index contributed by atoms with van der Waals surface area (Å²) in [7, 11) is 0. The number of hydrogen-bond donors (Lipinski definition) is 2. The van der Waals surface area contributed by atoms with Gasteiger partial charge in [0.05, 0.1) is 18.2 Å². The minimum absolute atomic E-state index is 0.211. The van der Waals surface area contributed by atoms with Crippen LogP contribution in [0.1, 0.15) is 5.56 Å². The molecule has 0 aromatic heterocycles. The molecule has 1 aromatic rings. The molecular weight excluding hydrogens is 157 g/mol. The largest absolute Gasteiger partial charge is 0.321 e. The van der Waals surface area contributed by atoms with Crippen molar-refractivity contribution in [2.45, 2.75) is 6.42 Å². The van der Waals surface area contributed by atoms with Crippen molar-refractivity contribution in [1.82, 2.24) is 0 Å². The highest BCUT2D eigenvalue weighted by molar-refractivity contribution is 5.46. The summed E-state index contributed by atoms with van der Waals surface area (Å²) >= 11 is 0. The van der Waals surface area contributed by atoms with Crippen LogP contribution in [0.3, 0.4) is 0 Å². The molecule has 1 rings (SSSR count). The minimum atomic E-state index is -0.417. The van der Waals surface area contributed by atoms with E-state index >= 15 is 0 Å². The van der Waals surface area contributed by atoms with Crippen LogP contribution in [0.2, 0.25) is 0 Å². The summed E-state index contributed by atoms with van der Waals surface area (Å²) in [6.07, 6.45) is 0.259. The van der Waals surface area contributed by atoms with Crippen LogP contribution in [-0.2, 0) is 6.42 Å². The van der Waals surface area contributed by atoms with E-state index < -0.39 is 5.82 Å². The van der Waals surface area contributed by atoms with Crippen molar-refractivity contribution in [2.75, 3.05) is 5.43 Å². The molecule has 0 amide bonds. The van der Waals surface area contributed by atoms with Gasteiger partial charge in [-0.05, 0) is 17.7 Å². The number of nitriles is 1. The fourth-order valence-electron chi connectivity index (χ4n) is 0.884. The molecule has 0 radical (unpaired) electrons. The first kappa shape index (κ1) is 8.50. The summed E-state index contributed by atoms with van der Waals surface area (Å²) in [6.45, 7) is 0. The quantitative estimate of drug-likeness (QED) is 0.511. The van der Waals surface area contributed by atoms with E-state index in [0.29, 0.717) is 0 Å². The Labute approximate surface area is 69.6 Å². The predicted octanol–water partition coefficient (Wildman–Crippen LogP) is 1.18. The van der Waals surface area contributed by atoms with Gasteiger partial charge < -0.3 is 5.43 Å². The van der Waals surface area contributed by atoms with Crippen LogP contribution >= 0.6 is 0 Å². The molecule has 3 nitrogen and oxygen atoms in total. The van der Waals surface area contributed by atoms with Gasteiger partial charge in [0.2, 0.25) is 0 Å². The lowest BCUT2D eigenvalue weighted by molar-refractivity contribution is 0.630. The molecule has 0 aliphatic rings. The molecule has 0 fully saturated rings. The van der Waals surface area contributed by atoms with E-state index in [4.69, 9.17) is 11.1 Å². The van der Waals surface area contributed by atoms with Crippen LogP contribution < -0.4 is 11.3 Å². The summed E-state index contributed by atoms with van der Waals surface area (Å²) in [4.78, 5) is 0. The van der Waals surface area contributed by atoms with Gasteiger partial charge in [-0.15, -0.1) is 0 Å². The molecule has 0 saturated carbocycles. The monoisotopic (exact) mass is 165 g/mol. The Morgan fingerprint density at radius 2 is 2.33 bits per heavy atom. The Bertz CT molecular complexity index is 317. The third-order valence-corrected chi connectivity index (χ3v) is 1.47. The lowest BCUT2D eigenvalue weighted by Gasteiger charge is -2.02. The minimum Gasteiger partial charge on any atom is -0.321 e. The second kappa shape index (κ2) is 3.69. The number of nitrogen functional groups attached to an aromatic ring is 1. The number of nitrogens with one attached hydrogen (secondary N) is 1. The zero-order chi connectivity index (χ0) is 8.97. The van der Waals surface area contributed by atoms with Gasteiger partial charge in [0.1, 0.15) is 5.82 Å². The molecule has 62 valence electrons. The normalized spacial score (nSPS) is 9.08. The van der Waals surface area contributed by atoms with Crippen molar-refractivity contribution in [1.29, 1.82) is 5.26 Å². The number of rotatable bonds is 2. The number of hydrogen-bond acceptors (Lipinski definition) is 3. The Morgan fingerprint density at radius 1 is 1.58 bits per heavy atom. The Kier molecular flexibility index (Phi) is 2.62. The highest BCUT2D eigenvalue weighted by Gasteiger charge is 2.00. The van der Waals surface area contributed by atoms with Gasteiger partial charge in [0.15, 0.2) is 0 Å². The van der Waals surface area contributed by atoms with E-state index in [1.807, 2.05) is 6.07 Å². The smallest absolute Gasteiger partial charge is 0.147 e. The van der Waals surface area contributed by atoms with Gasteiger partial charge >= 0.3 is 0 Å². The molecule has 0 spiro atoms. The van der Waals surface area contributed by atoms with E-state index in [0.717, 1.165) is 5.56 Å². The van der Waals surface area contributed by atoms with Crippen molar-refractivity contribution in [3.05, 3.63) is 29.6 Å². The van der Waals surface area contributed by atoms with Crippen molar-refractivity contribution in [3.8, 4) is 6.07 Å². The lowest BCUT2D eigenvalue weighted by Crippen LogP contribution is -2.08. The summed E-state index contributed by atoms with van der Waals surface area (Å²) in [6, 6.07) is 6.31. The second-order valence-corrected chi connectivity index (χ2v) is 2.29. The maximum absolute atomic E-state index is 12.8. The zero-order valence-corrected chi connectivity index (χ0v) is 6.34. The van der Waals surface area contributed by atoms with Crippen LogP contribution in [0.5, 0.6) is 0 Å². The average molecular weight is 165 g/mol. The Hall–Kier alpha value is -1.60. The SMILES string of the molecule is N#CCc1ccc(F)c(NN)c1. The first-order chi connectivity index (χ1) is 5.77. The van der Waals surface area contributed by atoms with Crippen molar-refractivity contribution >= 4 is 5.69 Å².